The van der Waals surface area contributed by atoms with Gasteiger partial charge in [-0.25, -0.2) is 0 Å². The number of rotatable bonds is 19. The van der Waals surface area contributed by atoms with Crippen molar-refractivity contribution in [3.05, 3.63) is 0 Å². The fourth-order valence-electron chi connectivity index (χ4n) is 8.15. The molecule has 0 radical (unpaired) electrons. The number of esters is 8. The predicted molar refractivity (Wildman–Crippen MR) is 231 cm³/mol. The Morgan fingerprint density at radius 3 is 1.83 bits per heavy atom. The van der Waals surface area contributed by atoms with Crippen LogP contribution in [0, 0.1) is 0 Å². The average molecular weight is 1020 g/mol. The minimum Gasteiger partial charge on any atom is -0.463 e. The van der Waals surface area contributed by atoms with Gasteiger partial charge in [-0.15, -0.1) is 0 Å². The molecule has 2 N–H and O–H groups in total. The van der Waals surface area contributed by atoms with Gasteiger partial charge in [0.05, 0.1) is 19.1 Å². The molecule has 1 spiro atoms. The summed E-state index contributed by atoms with van der Waals surface area (Å²) in [5.41, 5.74) is 0. The quantitative estimate of drug-likeness (QED) is 0.0927. The third-order valence-corrected chi connectivity index (χ3v) is 12.5. The number of nitrogens with one attached hydrogen (secondary N) is 2. The predicted octanol–water partition coefficient (Wildman–Crippen LogP) is -0.602. The minimum atomic E-state index is -2.68. The number of carbonyl (C=O) groups is 10. The third kappa shape index (κ3) is 16.1. The Morgan fingerprint density at radius 2 is 1.29 bits per heavy atom. The lowest BCUT2D eigenvalue weighted by Gasteiger charge is -2.56. The van der Waals surface area contributed by atoms with Crippen LogP contribution in [-0.2, 0) is 114 Å². The van der Waals surface area contributed by atoms with Crippen molar-refractivity contribution in [1.82, 2.24) is 10.6 Å². The van der Waals surface area contributed by atoms with E-state index in [0.717, 1.165) is 62.3 Å². The van der Waals surface area contributed by atoms with Crippen LogP contribution in [0.4, 0.5) is 0 Å². The molecule has 4 heterocycles. The lowest BCUT2D eigenvalue weighted by Crippen LogP contribution is -2.78. The molecular weight excluding hydrogens is 957 g/mol. The van der Waals surface area contributed by atoms with E-state index in [2.05, 4.69) is 30.3 Å². The summed E-state index contributed by atoms with van der Waals surface area (Å²) in [6, 6.07) is -2.36. The highest BCUT2D eigenvalue weighted by molar-refractivity contribution is 6.76. The van der Waals surface area contributed by atoms with Crippen LogP contribution in [0.1, 0.15) is 68.7 Å². The maximum absolute atomic E-state index is 14.9. The van der Waals surface area contributed by atoms with E-state index in [1.54, 1.807) is 0 Å². The van der Waals surface area contributed by atoms with Gasteiger partial charge in [-0.3, -0.25) is 47.9 Å². The topological polar surface area (TPSA) is 324 Å². The molecule has 4 saturated heterocycles. The first kappa shape index (κ1) is 57.3. The highest BCUT2D eigenvalue weighted by Crippen LogP contribution is 2.43. The molecule has 0 unspecified atom stereocenters. The van der Waals surface area contributed by atoms with Crippen molar-refractivity contribution >= 4 is 67.6 Å². The second-order valence-corrected chi connectivity index (χ2v) is 23.8. The lowest BCUT2D eigenvalue weighted by molar-refractivity contribution is -0.374. The van der Waals surface area contributed by atoms with Crippen molar-refractivity contribution in [1.29, 1.82) is 0 Å². The summed E-state index contributed by atoms with van der Waals surface area (Å²) in [5, 5.41) is 5.28. The monoisotopic (exact) mass is 1020 g/mol. The van der Waals surface area contributed by atoms with E-state index < -0.39 is 179 Å². The molecule has 4 aliphatic heterocycles. The Hall–Kier alpha value is -5.32. The Morgan fingerprint density at radius 1 is 0.700 bits per heavy atom. The van der Waals surface area contributed by atoms with Crippen LogP contribution in [0.3, 0.4) is 0 Å². The summed E-state index contributed by atoms with van der Waals surface area (Å²) in [6.45, 7) is 14.3. The van der Waals surface area contributed by atoms with Crippen molar-refractivity contribution < 1.29 is 114 Å². The van der Waals surface area contributed by atoms with E-state index in [9.17, 15) is 47.9 Å². The van der Waals surface area contributed by atoms with Gasteiger partial charge in [0.25, 0.3) is 11.7 Å². The van der Waals surface area contributed by atoms with Crippen molar-refractivity contribution in [3.8, 4) is 0 Å². The second kappa shape index (κ2) is 24.7. The van der Waals surface area contributed by atoms with Crippen LogP contribution in [-0.4, -0.2) is 186 Å². The highest BCUT2D eigenvalue weighted by atomic mass is 28.3. The summed E-state index contributed by atoms with van der Waals surface area (Å²) < 4.78 is 82.1. The molecule has 0 aliphatic carbocycles. The molecular formula is C43H64N2O24Si. The molecule has 15 atom stereocenters. The van der Waals surface area contributed by atoms with Gasteiger partial charge in [-0.1, -0.05) is 19.6 Å². The van der Waals surface area contributed by atoms with Gasteiger partial charge in [0.2, 0.25) is 5.91 Å². The second-order valence-electron chi connectivity index (χ2n) is 18.1. The number of ether oxygens (including phenoxy) is 14. The Kier molecular flexibility index (Phi) is 20.2. The van der Waals surface area contributed by atoms with E-state index in [0.29, 0.717) is 6.04 Å². The molecule has 0 aromatic rings. The Labute approximate surface area is 404 Å². The third-order valence-electron chi connectivity index (χ3n) is 10.8. The average Bonchev–Trinajstić information content (AvgIpc) is 3.20. The summed E-state index contributed by atoms with van der Waals surface area (Å²) in [6.07, 6.45) is -19.7. The van der Waals surface area contributed by atoms with Gasteiger partial charge >= 0.3 is 47.8 Å². The van der Waals surface area contributed by atoms with Crippen LogP contribution in [0.2, 0.25) is 25.7 Å². The first-order chi connectivity index (χ1) is 32.6. The summed E-state index contributed by atoms with van der Waals surface area (Å²) in [5.74, 6) is -11.6. The van der Waals surface area contributed by atoms with Gasteiger partial charge < -0.3 is 76.9 Å². The minimum absolute atomic E-state index is 0.206. The number of carbonyl (C=O) groups excluding carboxylic acids is 10. The molecule has 2 amide bonds. The van der Waals surface area contributed by atoms with Crippen molar-refractivity contribution in [2.75, 3.05) is 26.4 Å². The van der Waals surface area contributed by atoms with Crippen molar-refractivity contribution in [3.63, 3.8) is 0 Å². The lowest BCUT2D eigenvalue weighted by atomic mass is 9.85. The normalized spacial score (nSPS) is 31.5. The van der Waals surface area contributed by atoms with Crippen LogP contribution in [0.15, 0.2) is 0 Å². The summed E-state index contributed by atoms with van der Waals surface area (Å²) in [4.78, 5) is 128. The number of hydrogen-bond donors (Lipinski definition) is 2. The standard InChI is InChI=1S/C43H64N2O24Si/c1-19(46)44-32-28(60-22(4)49)15-43(68-37(32)34(62-24(6)51)29(61-23(5)50)16-57-20(2)47)42(55)45-33-38(69-43)35(63-25(7)52)30(17-58-21(3)48)66-40(33)67-31-18-59-41(56-13-14-70(10,11)12)39(65-27(9)54)36(31)64-26(8)53/h28-41H,13-18H2,1-12H3,(H,44,46)(H,45,55)/t28-,29-,30-,31-,32+,33-,34-,35+,36+,37+,38-,39-,40+,41-,43-/m1/s1. The van der Waals surface area contributed by atoms with E-state index in [1.165, 1.54) is 0 Å². The first-order valence-corrected chi connectivity index (χ1v) is 26.1. The van der Waals surface area contributed by atoms with Gasteiger partial charge in [-0.2, -0.15) is 0 Å². The largest absolute Gasteiger partial charge is 0.463 e. The molecule has 4 fully saturated rings. The van der Waals surface area contributed by atoms with E-state index in [1.807, 2.05) is 0 Å². The zero-order chi connectivity index (χ0) is 52.4. The van der Waals surface area contributed by atoms with Gasteiger partial charge in [0.1, 0.15) is 49.8 Å². The van der Waals surface area contributed by atoms with Gasteiger partial charge in [0.15, 0.2) is 43.1 Å². The molecule has 27 heteroatoms. The SMILES string of the molecule is CC(=O)N[C@@H]1[C@@H]([C@H](OC(C)=O)[C@@H](COC(C)=O)OC(C)=O)O[C@]2(C[C@H]1OC(C)=O)O[C@@H]1[C@@H](NC2=O)[C@H](O[C@@H]2CO[C@@H](OCC[Si](C)(C)C)[C@H](OC(C)=O)[C@H]2OC(C)=O)O[C@H](COC(C)=O)[C@@H]1OC(C)=O. The Balaban J connectivity index is 1.88. The highest BCUT2D eigenvalue weighted by Gasteiger charge is 2.65. The smallest absolute Gasteiger partial charge is 0.303 e. The molecule has 26 nitrogen and oxygen atoms in total. The van der Waals surface area contributed by atoms with E-state index in [4.69, 9.17) is 66.3 Å². The first-order valence-electron chi connectivity index (χ1n) is 22.4. The fourth-order valence-corrected chi connectivity index (χ4v) is 8.88. The molecule has 70 heavy (non-hydrogen) atoms. The Bertz CT molecular complexity index is 1960. The molecule has 4 aliphatic rings. The molecule has 0 bridgehead atoms. The number of fused-ring (bicyclic) bond motifs is 1. The zero-order valence-corrected chi connectivity index (χ0v) is 42.1. The molecule has 394 valence electrons. The van der Waals surface area contributed by atoms with Gasteiger partial charge in [0, 0.05) is 77.0 Å². The molecule has 4 rings (SSSR count). The number of amides is 2. The van der Waals surface area contributed by atoms with Crippen LogP contribution < -0.4 is 10.6 Å². The van der Waals surface area contributed by atoms with E-state index in [-0.39, 0.29) is 13.2 Å². The van der Waals surface area contributed by atoms with E-state index >= 15 is 0 Å². The van der Waals surface area contributed by atoms with Gasteiger partial charge in [-0.05, 0) is 6.04 Å². The van der Waals surface area contributed by atoms with Crippen molar-refractivity contribution in [2.45, 2.75) is 186 Å². The number of morpholine rings is 1. The van der Waals surface area contributed by atoms with Crippen LogP contribution in [0.5, 0.6) is 0 Å². The maximum atomic E-state index is 14.9. The van der Waals surface area contributed by atoms with Crippen LogP contribution in [0.25, 0.3) is 0 Å². The fraction of sp³-hybridized carbons (Fsp3) is 0.767. The summed E-state index contributed by atoms with van der Waals surface area (Å²) >= 11 is 0. The zero-order valence-electron chi connectivity index (χ0n) is 41.1. The summed E-state index contributed by atoms with van der Waals surface area (Å²) in [7, 11) is -1.64. The molecule has 0 aromatic carbocycles. The van der Waals surface area contributed by atoms with Crippen LogP contribution >= 0.6 is 0 Å². The molecule has 0 aromatic heterocycles. The van der Waals surface area contributed by atoms with Crippen molar-refractivity contribution in [2.24, 2.45) is 0 Å². The maximum Gasteiger partial charge on any atom is 0.303 e. The molecule has 0 saturated carbocycles. The number of hydrogen-bond acceptors (Lipinski definition) is 24.